The number of carbonyl (C=O) groups is 2. The predicted molar refractivity (Wildman–Crippen MR) is 121 cm³/mol. The van der Waals surface area contributed by atoms with E-state index in [1.165, 1.54) is 11.8 Å². The Balaban J connectivity index is 1.77. The molecule has 0 unspecified atom stereocenters. The Morgan fingerprint density at radius 1 is 1.17 bits per heavy atom. The van der Waals surface area contributed by atoms with Crippen molar-refractivity contribution in [3.05, 3.63) is 59.7 Å². The molecule has 3 rings (SSSR count). The molecule has 6 heteroatoms. The van der Waals surface area contributed by atoms with Gasteiger partial charge in [0, 0.05) is 18.7 Å². The maximum atomic E-state index is 13.0. The number of hydrogen-bond acceptors (Lipinski definition) is 4. The molecule has 1 saturated heterocycles. The van der Waals surface area contributed by atoms with Gasteiger partial charge in [-0.2, -0.15) is 0 Å². The summed E-state index contributed by atoms with van der Waals surface area (Å²) in [6.45, 7) is 8.69. The second kappa shape index (κ2) is 9.27. The average molecular weight is 410 g/mol. The summed E-state index contributed by atoms with van der Waals surface area (Å²) in [5, 5.41) is 3.13. The van der Waals surface area contributed by atoms with Crippen LogP contribution in [0.2, 0.25) is 0 Å². The standard InChI is InChI=1S/C23H27N3O2S/c1-15(2)14-26-22(28)20(13-21(27)25-19-11-6-5-9-17(19)4)29-23(26)24-18-10-7-8-16(3)12-18/h5-12,15,20H,13-14H2,1-4H3,(H,25,27)/t20-/m0/s1. The third-order valence-electron chi connectivity index (χ3n) is 4.58. The fourth-order valence-corrected chi connectivity index (χ4v) is 4.32. The lowest BCUT2D eigenvalue weighted by molar-refractivity contribution is -0.128. The molecular formula is C23H27N3O2S. The van der Waals surface area contributed by atoms with E-state index in [4.69, 9.17) is 4.99 Å². The molecule has 2 aromatic carbocycles. The van der Waals surface area contributed by atoms with E-state index >= 15 is 0 Å². The zero-order valence-electron chi connectivity index (χ0n) is 17.3. The Morgan fingerprint density at radius 2 is 1.93 bits per heavy atom. The first-order valence-corrected chi connectivity index (χ1v) is 10.7. The van der Waals surface area contributed by atoms with Crippen LogP contribution in [-0.4, -0.2) is 33.7 Å². The summed E-state index contributed by atoms with van der Waals surface area (Å²) < 4.78 is 0. The van der Waals surface area contributed by atoms with E-state index < -0.39 is 5.25 Å². The number of benzene rings is 2. The Morgan fingerprint density at radius 3 is 2.62 bits per heavy atom. The molecule has 1 heterocycles. The molecule has 5 nitrogen and oxygen atoms in total. The molecule has 1 aliphatic heterocycles. The highest BCUT2D eigenvalue weighted by molar-refractivity contribution is 8.15. The molecule has 0 saturated carbocycles. The van der Waals surface area contributed by atoms with Crippen LogP contribution in [-0.2, 0) is 9.59 Å². The zero-order valence-corrected chi connectivity index (χ0v) is 18.1. The normalized spacial score (nSPS) is 18.0. The Hall–Kier alpha value is -2.60. The van der Waals surface area contributed by atoms with Crippen molar-refractivity contribution in [2.75, 3.05) is 11.9 Å². The van der Waals surface area contributed by atoms with Crippen LogP contribution in [0.1, 0.15) is 31.4 Å². The number of nitrogens with zero attached hydrogens (tertiary/aromatic N) is 2. The molecule has 29 heavy (non-hydrogen) atoms. The Labute approximate surface area is 176 Å². The van der Waals surface area contributed by atoms with Crippen LogP contribution in [0.3, 0.4) is 0 Å². The summed E-state index contributed by atoms with van der Waals surface area (Å²) in [6.07, 6.45) is 0.124. The molecule has 0 aliphatic carbocycles. The van der Waals surface area contributed by atoms with Gasteiger partial charge in [0.25, 0.3) is 0 Å². The largest absolute Gasteiger partial charge is 0.326 e. The van der Waals surface area contributed by atoms with Gasteiger partial charge in [-0.15, -0.1) is 0 Å². The van der Waals surface area contributed by atoms with Gasteiger partial charge in [-0.3, -0.25) is 14.5 Å². The van der Waals surface area contributed by atoms with E-state index in [1.54, 1.807) is 4.90 Å². The lowest BCUT2D eigenvalue weighted by Crippen LogP contribution is -2.36. The molecular weight excluding hydrogens is 382 g/mol. The van der Waals surface area contributed by atoms with Crippen LogP contribution < -0.4 is 5.32 Å². The Bertz CT molecular complexity index is 939. The number of para-hydroxylation sites is 1. The van der Waals surface area contributed by atoms with Gasteiger partial charge in [-0.1, -0.05) is 55.9 Å². The predicted octanol–water partition coefficient (Wildman–Crippen LogP) is 4.92. The number of aryl methyl sites for hydroxylation is 2. The first kappa shape index (κ1) is 21.1. The first-order chi connectivity index (χ1) is 13.8. The SMILES string of the molecule is Cc1cccc(N=C2S[C@@H](CC(=O)Nc3ccccc3C)C(=O)N2CC(C)C)c1. The van der Waals surface area contributed by atoms with Crippen LogP contribution >= 0.6 is 11.8 Å². The molecule has 1 fully saturated rings. The van der Waals surface area contributed by atoms with Gasteiger partial charge in [0.05, 0.1) is 5.69 Å². The van der Waals surface area contributed by atoms with Gasteiger partial charge >= 0.3 is 0 Å². The summed E-state index contributed by atoms with van der Waals surface area (Å²) in [5.41, 5.74) is 3.71. The minimum absolute atomic E-state index is 0.0463. The van der Waals surface area contributed by atoms with Gasteiger partial charge < -0.3 is 5.32 Å². The highest BCUT2D eigenvalue weighted by Crippen LogP contribution is 2.32. The Kier molecular flexibility index (Phi) is 6.75. The third-order valence-corrected chi connectivity index (χ3v) is 5.76. The van der Waals surface area contributed by atoms with Crippen molar-refractivity contribution < 1.29 is 9.59 Å². The van der Waals surface area contributed by atoms with Gasteiger partial charge in [0.1, 0.15) is 5.25 Å². The molecule has 1 aliphatic rings. The molecule has 0 bridgehead atoms. The molecule has 0 spiro atoms. The monoisotopic (exact) mass is 409 g/mol. The van der Waals surface area contributed by atoms with Gasteiger partial charge in [-0.25, -0.2) is 4.99 Å². The zero-order chi connectivity index (χ0) is 21.0. The molecule has 152 valence electrons. The molecule has 1 N–H and O–H groups in total. The van der Waals surface area contributed by atoms with Crippen molar-refractivity contribution in [1.29, 1.82) is 0 Å². The van der Waals surface area contributed by atoms with E-state index in [9.17, 15) is 9.59 Å². The van der Waals surface area contributed by atoms with Crippen LogP contribution in [0.4, 0.5) is 11.4 Å². The van der Waals surface area contributed by atoms with E-state index in [0.29, 0.717) is 17.6 Å². The van der Waals surface area contributed by atoms with Crippen molar-refractivity contribution in [3.63, 3.8) is 0 Å². The molecule has 0 aromatic heterocycles. The summed E-state index contributed by atoms with van der Waals surface area (Å²) in [5.74, 6) is 0.100. The number of aliphatic imine (C=N–C) groups is 1. The maximum absolute atomic E-state index is 13.0. The number of hydrogen-bond donors (Lipinski definition) is 1. The van der Waals surface area contributed by atoms with Crippen molar-refractivity contribution in [2.45, 2.75) is 39.4 Å². The highest BCUT2D eigenvalue weighted by Gasteiger charge is 2.39. The fourth-order valence-electron chi connectivity index (χ4n) is 3.15. The van der Waals surface area contributed by atoms with Crippen LogP contribution in [0.5, 0.6) is 0 Å². The second-order valence-electron chi connectivity index (χ2n) is 7.75. The molecule has 2 aromatic rings. The number of amides is 2. The highest BCUT2D eigenvalue weighted by atomic mass is 32.2. The van der Waals surface area contributed by atoms with Gasteiger partial charge in [-0.05, 0) is 49.1 Å². The quantitative estimate of drug-likeness (QED) is 0.737. The van der Waals surface area contributed by atoms with E-state index in [0.717, 1.165) is 22.5 Å². The van der Waals surface area contributed by atoms with E-state index in [2.05, 4.69) is 19.2 Å². The number of rotatable bonds is 6. The number of carbonyl (C=O) groups excluding carboxylic acids is 2. The van der Waals surface area contributed by atoms with Crippen LogP contribution in [0.15, 0.2) is 53.5 Å². The van der Waals surface area contributed by atoms with Crippen molar-refractivity contribution in [2.24, 2.45) is 10.9 Å². The lowest BCUT2D eigenvalue weighted by Gasteiger charge is -2.18. The minimum atomic E-state index is -0.457. The average Bonchev–Trinajstić information content (AvgIpc) is 2.92. The van der Waals surface area contributed by atoms with Crippen LogP contribution in [0, 0.1) is 19.8 Å². The summed E-state index contributed by atoms with van der Waals surface area (Å²) in [6, 6.07) is 15.5. The maximum Gasteiger partial charge on any atom is 0.242 e. The number of amidine groups is 1. The fraction of sp³-hybridized carbons (Fsp3) is 0.348. The number of nitrogens with one attached hydrogen (secondary N) is 1. The molecule has 2 amide bonds. The summed E-state index contributed by atoms with van der Waals surface area (Å²) in [4.78, 5) is 32.0. The van der Waals surface area contributed by atoms with E-state index in [-0.39, 0.29) is 18.2 Å². The first-order valence-electron chi connectivity index (χ1n) is 9.82. The topological polar surface area (TPSA) is 61.8 Å². The molecule has 1 atom stereocenters. The summed E-state index contributed by atoms with van der Waals surface area (Å²) >= 11 is 1.38. The van der Waals surface area contributed by atoms with E-state index in [1.807, 2.05) is 62.4 Å². The second-order valence-corrected chi connectivity index (χ2v) is 8.92. The lowest BCUT2D eigenvalue weighted by atomic mass is 10.1. The number of thioether (sulfide) groups is 1. The van der Waals surface area contributed by atoms with Gasteiger partial charge in [0.2, 0.25) is 11.8 Å². The van der Waals surface area contributed by atoms with Crippen molar-refractivity contribution in [3.8, 4) is 0 Å². The van der Waals surface area contributed by atoms with Gasteiger partial charge in [0.15, 0.2) is 5.17 Å². The third kappa shape index (κ3) is 5.48. The van der Waals surface area contributed by atoms with Crippen LogP contribution in [0.25, 0.3) is 0 Å². The molecule has 0 radical (unpaired) electrons. The minimum Gasteiger partial charge on any atom is -0.326 e. The smallest absolute Gasteiger partial charge is 0.242 e. The summed E-state index contributed by atoms with van der Waals surface area (Å²) in [7, 11) is 0. The van der Waals surface area contributed by atoms with Crippen molar-refractivity contribution >= 4 is 40.1 Å². The van der Waals surface area contributed by atoms with Crippen molar-refractivity contribution in [1.82, 2.24) is 4.90 Å². The number of anilines is 1.